The van der Waals surface area contributed by atoms with Gasteiger partial charge in [0.2, 0.25) is 0 Å². The second kappa shape index (κ2) is 6.18. The topological polar surface area (TPSA) is 69.0 Å². The van der Waals surface area contributed by atoms with E-state index in [9.17, 15) is 14.0 Å². The molecule has 3 aromatic rings. The van der Waals surface area contributed by atoms with Crippen molar-refractivity contribution >= 4 is 11.0 Å². The Kier molecular flexibility index (Phi) is 4.08. The van der Waals surface area contributed by atoms with E-state index >= 15 is 0 Å². The van der Waals surface area contributed by atoms with E-state index in [-0.39, 0.29) is 5.52 Å². The van der Waals surface area contributed by atoms with E-state index in [0.29, 0.717) is 24.2 Å². The average Bonchev–Trinajstić information content (AvgIpc) is 2.50. The highest BCUT2D eigenvalue weighted by Gasteiger charge is 2.10. The third-order valence-electron chi connectivity index (χ3n) is 3.61. The molecule has 0 spiro atoms. The first-order valence-corrected chi connectivity index (χ1v) is 7.20. The van der Waals surface area contributed by atoms with Crippen molar-refractivity contribution in [1.82, 2.24) is 14.9 Å². The predicted molar refractivity (Wildman–Crippen MR) is 86.8 cm³/mol. The van der Waals surface area contributed by atoms with Gasteiger partial charge in [0.25, 0.3) is 0 Å². The molecular weight excluding hydrogens is 297 g/mol. The molecule has 0 radical (unpaired) electrons. The lowest BCUT2D eigenvalue weighted by Crippen LogP contribution is -2.29. The fourth-order valence-electron chi connectivity index (χ4n) is 2.63. The Labute approximate surface area is 131 Å². The largest absolute Gasteiger partial charge is 0.316 e. The second-order valence-electron chi connectivity index (χ2n) is 5.55. The van der Waals surface area contributed by atoms with Crippen LogP contribution in [-0.2, 0) is 13.1 Å². The van der Waals surface area contributed by atoms with E-state index in [1.54, 1.807) is 0 Å². The number of aromatic amines is 2. The Balaban J connectivity index is 1.94. The molecule has 0 aliphatic carbocycles. The van der Waals surface area contributed by atoms with Gasteiger partial charge >= 0.3 is 11.1 Å². The molecule has 0 fully saturated rings. The SMILES string of the molecule is CN(Cc1ccccc1)Cc1cc(F)cc2[nH]c(=O)c(=O)[nH]c12. The summed E-state index contributed by atoms with van der Waals surface area (Å²) < 4.78 is 13.8. The Morgan fingerprint density at radius 1 is 1.00 bits per heavy atom. The van der Waals surface area contributed by atoms with Gasteiger partial charge in [-0.3, -0.25) is 14.5 Å². The van der Waals surface area contributed by atoms with Crippen LogP contribution in [0, 0.1) is 5.82 Å². The van der Waals surface area contributed by atoms with Crippen LogP contribution in [-0.4, -0.2) is 21.9 Å². The molecular formula is C17H16FN3O2. The minimum atomic E-state index is -0.785. The van der Waals surface area contributed by atoms with E-state index in [0.717, 1.165) is 5.56 Å². The molecule has 0 saturated carbocycles. The molecule has 1 heterocycles. The number of halogens is 1. The number of hydrogen-bond donors (Lipinski definition) is 2. The monoisotopic (exact) mass is 313 g/mol. The number of nitrogens with one attached hydrogen (secondary N) is 2. The minimum Gasteiger partial charge on any atom is -0.316 e. The average molecular weight is 313 g/mol. The molecule has 1 aromatic heterocycles. The highest BCUT2D eigenvalue weighted by molar-refractivity contribution is 5.77. The maximum atomic E-state index is 13.8. The molecule has 2 aromatic carbocycles. The fourth-order valence-corrected chi connectivity index (χ4v) is 2.63. The van der Waals surface area contributed by atoms with Crippen LogP contribution >= 0.6 is 0 Å². The maximum absolute atomic E-state index is 13.8. The zero-order valence-electron chi connectivity index (χ0n) is 12.6. The zero-order chi connectivity index (χ0) is 16.4. The highest BCUT2D eigenvalue weighted by atomic mass is 19.1. The van der Waals surface area contributed by atoms with Gasteiger partial charge in [0.15, 0.2) is 0 Å². The smallest absolute Gasteiger partial charge is 0.314 e. The number of nitrogens with zero attached hydrogens (tertiary/aromatic N) is 1. The van der Waals surface area contributed by atoms with Crippen LogP contribution in [0.1, 0.15) is 11.1 Å². The summed E-state index contributed by atoms with van der Waals surface area (Å²) in [6, 6.07) is 12.5. The van der Waals surface area contributed by atoms with Gasteiger partial charge in [0.1, 0.15) is 5.82 Å². The molecule has 0 aliphatic rings. The zero-order valence-corrected chi connectivity index (χ0v) is 12.6. The first kappa shape index (κ1) is 15.2. The van der Waals surface area contributed by atoms with Crippen molar-refractivity contribution in [3.05, 3.63) is 80.1 Å². The number of aromatic nitrogens is 2. The Bertz CT molecular complexity index is 947. The number of benzene rings is 2. The third kappa shape index (κ3) is 3.37. The van der Waals surface area contributed by atoms with Gasteiger partial charge in [-0.2, -0.15) is 0 Å². The summed E-state index contributed by atoms with van der Waals surface area (Å²) >= 11 is 0. The van der Waals surface area contributed by atoms with Crippen LogP contribution < -0.4 is 11.1 Å². The number of fused-ring (bicyclic) bond motifs is 1. The Hall–Kier alpha value is -2.73. The first-order valence-electron chi connectivity index (χ1n) is 7.20. The molecule has 0 aliphatic heterocycles. The van der Waals surface area contributed by atoms with Crippen molar-refractivity contribution in [1.29, 1.82) is 0 Å². The highest BCUT2D eigenvalue weighted by Crippen LogP contribution is 2.17. The van der Waals surface area contributed by atoms with E-state index in [1.807, 2.05) is 42.3 Å². The number of H-pyrrole nitrogens is 2. The summed E-state index contributed by atoms with van der Waals surface area (Å²) in [5.41, 5.74) is 0.973. The lowest BCUT2D eigenvalue weighted by Gasteiger charge is -2.18. The second-order valence-corrected chi connectivity index (χ2v) is 5.55. The standard InChI is InChI=1S/C17H16FN3O2/c1-21(9-11-5-3-2-4-6-11)10-12-7-13(18)8-14-15(12)20-17(23)16(22)19-14/h2-8H,9-10H2,1H3,(H,19,22)(H,20,23). The Morgan fingerprint density at radius 2 is 1.70 bits per heavy atom. The first-order chi connectivity index (χ1) is 11.0. The van der Waals surface area contributed by atoms with Gasteiger partial charge in [-0.05, 0) is 30.3 Å². The molecule has 0 unspecified atom stereocenters. The van der Waals surface area contributed by atoms with Crippen molar-refractivity contribution in [2.75, 3.05) is 7.05 Å². The van der Waals surface area contributed by atoms with Crippen molar-refractivity contribution in [2.24, 2.45) is 0 Å². The minimum absolute atomic E-state index is 0.290. The fraction of sp³-hybridized carbons (Fsp3) is 0.176. The molecule has 0 atom stereocenters. The molecule has 0 saturated heterocycles. The van der Waals surface area contributed by atoms with E-state index in [4.69, 9.17) is 0 Å². The normalized spacial score (nSPS) is 11.3. The summed E-state index contributed by atoms with van der Waals surface area (Å²) in [6.07, 6.45) is 0. The van der Waals surface area contributed by atoms with Crippen LogP contribution in [0.25, 0.3) is 11.0 Å². The van der Waals surface area contributed by atoms with Gasteiger partial charge in [0.05, 0.1) is 11.0 Å². The van der Waals surface area contributed by atoms with E-state index < -0.39 is 16.9 Å². The van der Waals surface area contributed by atoms with Gasteiger partial charge in [-0.1, -0.05) is 30.3 Å². The molecule has 0 amide bonds. The molecule has 5 nitrogen and oxygen atoms in total. The summed E-state index contributed by atoms with van der Waals surface area (Å²) in [5.74, 6) is -0.455. The molecule has 6 heteroatoms. The molecule has 2 N–H and O–H groups in total. The summed E-state index contributed by atoms with van der Waals surface area (Å²) in [6.45, 7) is 1.12. The number of hydrogen-bond acceptors (Lipinski definition) is 3. The molecule has 0 bridgehead atoms. The Morgan fingerprint density at radius 3 is 2.43 bits per heavy atom. The summed E-state index contributed by atoms with van der Waals surface area (Å²) in [7, 11) is 1.91. The van der Waals surface area contributed by atoms with Gasteiger partial charge in [0, 0.05) is 13.1 Å². The van der Waals surface area contributed by atoms with Crippen LogP contribution in [0.2, 0.25) is 0 Å². The number of rotatable bonds is 4. The van der Waals surface area contributed by atoms with Crippen molar-refractivity contribution in [3.63, 3.8) is 0 Å². The van der Waals surface area contributed by atoms with Gasteiger partial charge in [-0.15, -0.1) is 0 Å². The summed E-state index contributed by atoms with van der Waals surface area (Å²) in [4.78, 5) is 29.9. The van der Waals surface area contributed by atoms with Gasteiger partial charge in [-0.25, -0.2) is 4.39 Å². The predicted octanol–water partition coefficient (Wildman–Crippen LogP) is 1.99. The van der Waals surface area contributed by atoms with Crippen molar-refractivity contribution < 1.29 is 4.39 Å². The van der Waals surface area contributed by atoms with Crippen molar-refractivity contribution in [3.8, 4) is 0 Å². The van der Waals surface area contributed by atoms with Crippen LogP contribution in [0.3, 0.4) is 0 Å². The van der Waals surface area contributed by atoms with E-state index in [2.05, 4.69) is 9.97 Å². The van der Waals surface area contributed by atoms with Crippen molar-refractivity contribution in [2.45, 2.75) is 13.1 Å². The lowest BCUT2D eigenvalue weighted by atomic mass is 10.1. The molecule has 118 valence electrons. The van der Waals surface area contributed by atoms with E-state index in [1.165, 1.54) is 12.1 Å². The van der Waals surface area contributed by atoms with Gasteiger partial charge < -0.3 is 9.97 Å². The molecule has 3 rings (SSSR count). The third-order valence-corrected chi connectivity index (χ3v) is 3.61. The maximum Gasteiger partial charge on any atom is 0.314 e. The van der Waals surface area contributed by atoms with Crippen LogP contribution in [0.4, 0.5) is 4.39 Å². The molecule has 23 heavy (non-hydrogen) atoms. The van der Waals surface area contributed by atoms with Crippen LogP contribution in [0.5, 0.6) is 0 Å². The quantitative estimate of drug-likeness (QED) is 0.724. The summed E-state index contributed by atoms with van der Waals surface area (Å²) in [5, 5.41) is 0. The lowest BCUT2D eigenvalue weighted by molar-refractivity contribution is 0.319. The van der Waals surface area contributed by atoms with Crippen LogP contribution in [0.15, 0.2) is 52.1 Å².